The van der Waals surface area contributed by atoms with E-state index >= 15 is 0 Å². The lowest BCUT2D eigenvalue weighted by Gasteiger charge is -2.19. The van der Waals surface area contributed by atoms with Gasteiger partial charge in [0, 0.05) is 12.1 Å². The number of alkyl halides is 3. The topological polar surface area (TPSA) is 90.7 Å². The molecule has 2 rings (SSSR count). The van der Waals surface area contributed by atoms with Crippen LogP contribution in [0.2, 0.25) is 0 Å². The van der Waals surface area contributed by atoms with Crippen molar-refractivity contribution in [3.63, 3.8) is 0 Å². The molecule has 2 aromatic carbocycles. The van der Waals surface area contributed by atoms with Crippen molar-refractivity contribution < 1.29 is 32.2 Å². The van der Waals surface area contributed by atoms with E-state index in [2.05, 4.69) is 14.8 Å². The highest BCUT2D eigenvalue weighted by Gasteiger charge is 2.31. The zero-order valence-electron chi connectivity index (χ0n) is 15.0. The van der Waals surface area contributed by atoms with Gasteiger partial charge in [-0.15, -0.1) is 13.2 Å². The van der Waals surface area contributed by atoms with Crippen molar-refractivity contribution in [3.8, 4) is 5.75 Å². The normalized spacial score (nSPS) is 12.2. The minimum Gasteiger partial charge on any atom is -0.469 e. The first-order chi connectivity index (χ1) is 13.2. The Bertz CT molecular complexity index is 805. The molecule has 0 aromatic heterocycles. The highest BCUT2D eigenvalue weighted by atomic mass is 19.4. The Morgan fingerprint density at radius 3 is 2.18 bits per heavy atom. The van der Waals surface area contributed by atoms with Crippen LogP contribution in [0.15, 0.2) is 48.5 Å². The van der Waals surface area contributed by atoms with Gasteiger partial charge >= 0.3 is 12.3 Å². The quantitative estimate of drug-likeness (QED) is 0.702. The number of benzene rings is 2. The molecule has 1 atom stereocenters. The van der Waals surface area contributed by atoms with E-state index in [1.54, 1.807) is 24.3 Å². The van der Waals surface area contributed by atoms with Crippen molar-refractivity contribution in [3.05, 3.63) is 65.2 Å². The number of nitrogens with two attached hydrogens (primary N) is 1. The second kappa shape index (κ2) is 9.23. The van der Waals surface area contributed by atoms with E-state index in [0.717, 1.165) is 17.7 Å². The predicted octanol–water partition coefficient (Wildman–Crippen LogP) is 3.08. The van der Waals surface area contributed by atoms with E-state index in [4.69, 9.17) is 5.73 Å². The van der Waals surface area contributed by atoms with Gasteiger partial charge in [-0.2, -0.15) is 0 Å². The minimum absolute atomic E-state index is 0.192. The Labute approximate surface area is 159 Å². The summed E-state index contributed by atoms with van der Waals surface area (Å²) in [6.45, 7) is 0.333. The summed E-state index contributed by atoms with van der Waals surface area (Å²) < 4.78 is 45.3. The van der Waals surface area contributed by atoms with E-state index < -0.39 is 30.0 Å². The number of nitrogens with one attached hydrogen (secondary N) is 1. The summed E-state index contributed by atoms with van der Waals surface area (Å²) in [5.41, 5.74) is 7.14. The summed E-state index contributed by atoms with van der Waals surface area (Å²) in [7, 11) is 1.20. The van der Waals surface area contributed by atoms with Gasteiger partial charge in [-0.05, 0) is 35.4 Å². The first-order valence-electron chi connectivity index (χ1n) is 8.24. The van der Waals surface area contributed by atoms with Gasteiger partial charge in [0.05, 0.1) is 19.6 Å². The monoisotopic (exact) mass is 396 g/mol. The van der Waals surface area contributed by atoms with Crippen LogP contribution in [0, 0.1) is 0 Å². The molecule has 3 N–H and O–H groups in total. The number of ether oxygens (including phenoxy) is 2. The summed E-state index contributed by atoms with van der Waals surface area (Å²) >= 11 is 0. The molecular formula is C19H19F3N2O4. The molecule has 0 aliphatic heterocycles. The van der Waals surface area contributed by atoms with Crippen molar-refractivity contribution in [2.24, 2.45) is 5.73 Å². The van der Waals surface area contributed by atoms with Gasteiger partial charge in [0.2, 0.25) is 0 Å². The highest BCUT2D eigenvalue weighted by Crippen LogP contribution is 2.26. The zero-order valence-corrected chi connectivity index (χ0v) is 15.0. The second-order valence-corrected chi connectivity index (χ2v) is 5.82. The van der Waals surface area contributed by atoms with Crippen LogP contribution in [0.25, 0.3) is 0 Å². The lowest BCUT2D eigenvalue weighted by Crippen LogP contribution is -2.30. The Morgan fingerprint density at radius 1 is 1.07 bits per heavy atom. The number of rotatable bonds is 7. The van der Waals surface area contributed by atoms with E-state index in [1.165, 1.54) is 19.2 Å². The van der Waals surface area contributed by atoms with Gasteiger partial charge in [0.15, 0.2) is 0 Å². The fourth-order valence-electron chi connectivity index (χ4n) is 2.44. The van der Waals surface area contributed by atoms with E-state index in [9.17, 15) is 22.8 Å². The Morgan fingerprint density at radius 2 is 1.68 bits per heavy atom. The lowest BCUT2D eigenvalue weighted by atomic mass is 10.0. The summed E-state index contributed by atoms with van der Waals surface area (Å²) in [6, 6.07) is 10.7. The molecule has 0 bridgehead atoms. The molecule has 1 unspecified atom stereocenters. The molecule has 0 radical (unpaired) electrons. The van der Waals surface area contributed by atoms with Crippen LogP contribution >= 0.6 is 0 Å². The Balaban J connectivity index is 2.18. The summed E-state index contributed by atoms with van der Waals surface area (Å²) in [5.74, 6) is -1.44. The fraction of sp³-hybridized carbons (Fsp3) is 0.263. The molecule has 0 spiro atoms. The van der Waals surface area contributed by atoms with E-state index in [1.807, 2.05) is 0 Å². The second-order valence-electron chi connectivity index (χ2n) is 5.82. The molecule has 2 aromatic rings. The highest BCUT2D eigenvalue weighted by molar-refractivity contribution is 5.94. The molecule has 0 saturated carbocycles. The van der Waals surface area contributed by atoms with Crippen LogP contribution in [0.4, 0.5) is 13.2 Å². The van der Waals surface area contributed by atoms with Crippen LogP contribution in [0.3, 0.4) is 0 Å². The van der Waals surface area contributed by atoms with Crippen LogP contribution in [-0.4, -0.2) is 25.3 Å². The molecule has 150 valence electrons. The van der Waals surface area contributed by atoms with Gasteiger partial charge in [-0.25, -0.2) is 0 Å². The van der Waals surface area contributed by atoms with Crippen molar-refractivity contribution in [1.29, 1.82) is 0 Å². The number of amides is 1. The number of carbonyl (C=O) groups excluding carboxylic acids is 2. The average molecular weight is 396 g/mol. The SMILES string of the molecule is COC(=O)CC(NC(=O)c1ccc(CN)cc1)c1ccc(OC(F)(F)F)cc1. The summed E-state index contributed by atoms with van der Waals surface area (Å²) in [5, 5.41) is 2.69. The number of hydrogen-bond acceptors (Lipinski definition) is 5. The van der Waals surface area contributed by atoms with Gasteiger partial charge < -0.3 is 20.5 Å². The molecule has 0 aliphatic rings. The first-order valence-corrected chi connectivity index (χ1v) is 8.24. The average Bonchev–Trinajstić information content (AvgIpc) is 2.66. The number of hydrogen-bond donors (Lipinski definition) is 2. The Kier molecular flexibility index (Phi) is 7.00. The van der Waals surface area contributed by atoms with Crippen LogP contribution in [0.5, 0.6) is 5.75 Å². The van der Waals surface area contributed by atoms with Gasteiger partial charge in [-0.1, -0.05) is 24.3 Å². The van der Waals surface area contributed by atoms with E-state index in [-0.39, 0.29) is 6.42 Å². The maximum absolute atomic E-state index is 12.5. The maximum Gasteiger partial charge on any atom is 0.573 e. The smallest absolute Gasteiger partial charge is 0.469 e. The number of methoxy groups -OCH3 is 1. The molecule has 0 heterocycles. The molecule has 28 heavy (non-hydrogen) atoms. The third-order valence-electron chi connectivity index (χ3n) is 3.87. The Hall–Kier alpha value is -3.07. The third-order valence-corrected chi connectivity index (χ3v) is 3.87. The largest absolute Gasteiger partial charge is 0.573 e. The number of halogens is 3. The molecule has 0 aliphatic carbocycles. The first kappa shape index (κ1) is 21.2. The van der Waals surface area contributed by atoms with Crippen molar-refractivity contribution in [2.45, 2.75) is 25.4 Å². The summed E-state index contributed by atoms with van der Waals surface area (Å²) in [4.78, 5) is 24.2. The fourth-order valence-corrected chi connectivity index (χ4v) is 2.44. The van der Waals surface area contributed by atoms with Gasteiger partial charge in [0.1, 0.15) is 5.75 Å². The van der Waals surface area contributed by atoms with Crippen LogP contribution < -0.4 is 15.8 Å². The standard InChI is InChI=1S/C19H19F3N2O4/c1-27-17(25)10-16(13-6-8-15(9-7-13)28-19(20,21)22)24-18(26)14-4-2-12(11-23)3-5-14/h2-9,16H,10-11,23H2,1H3,(H,24,26). The van der Waals surface area contributed by atoms with Crippen LogP contribution in [0.1, 0.15) is 33.9 Å². The van der Waals surface area contributed by atoms with Gasteiger partial charge in [0.25, 0.3) is 5.91 Å². The van der Waals surface area contributed by atoms with Crippen molar-refractivity contribution in [2.75, 3.05) is 7.11 Å². The molecule has 0 fully saturated rings. The van der Waals surface area contributed by atoms with Gasteiger partial charge in [-0.3, -0.25) is 9.59 Å². The van der Waals surface area contributed by atoms with Crippen LogP contribution in [-0.2, 0) is 16.1 Å². The molecule has 0 saturated heterocycles. The molecule has 9 heteroatoms. The molecule has 6 nitrogen and oxygen atoms in total. The third kappa shape index (κ3) is 6.27. The molecular weight excluding hydrogens is 377 g/mol. The van der Waals surface area contributed by atoms with Crippen molar-refractivity contribution >= 4 is 11.9 Å². The molecule has 1 amide bonds. The maximum atomic E-state index is 12.5. The zero-order chi connectivity index (χ0) is 20.7. The minimum atomic E-state index is -4.81. The van der Waals surface area contributed by atoms with Crippen molar-refractivity contribution in [1.82, 2.24) is 5.32 Å². The summed E-state index contributed by atoms with van der Waals surface area (Å²) in [6.07, 6.45) is -5.00. The number of carbonyl (C=O) groups is 2. The number of esters is 1. The van der Waals surface area contributed by atoms with E-state index in [0.29, 0.717) is 17.7 Å². The predicted molar refractivity (Wildman–Crippen MR) is 94.3 cm³/mol. The lowest BCUT2D eigenvalue weighted by molar-refractivity contribution is -0.274.